The number of amides is 1. The number of sulfonamides is 1. The summed E-state index contributed by atoms with van der Waals surface area (Å²) >= 11 is 0. The van der Waals surface area contributed by atoms with Gasteiger partial charge in [0, 0.05) is 32.6 Å². The Morgan fingerprint density at radius 2 is 1.81 bits per heavy atom. The van der Waals surface area contributed by atoms with E-state index in [-0.39, 0.29) is 29.3 Å². The molecule has 144 valence electrons. The molecule has 0 saturated carbocycles. The average Bonchev–Trinajstić information content (AvgIpc) is 2.61. The largest absolute Gasteiger partial charge is 0.341 e. The molecule has 0 unspecified atom stereocenters. The van der Waals surface area contributed by atoms with Crippen molar-refractivity contribution in [3.8, 4) is 0 Å². The van der Waals surface area contributed by atoms with E-state index in [1.54, 1.807) is 7.05 Å². The molecule has 0 heterocycles. The van der Waals surface area contributed by atoms with Crippen molar-refractivity contribution in [2.24, 2.45) is 0 Å². The Balaban J connectivity index is 2.00. The summed E-state index contributed by atoms with van der Waals surface area (Å²) in [6.07, 6.45) is -0.0533. The number of nitro benzene ring substituents is 1. The highest BCUT2D eigenvalue weighted by Gasteiger charge is 2.27. The molecule has 2 aromatic rings. The average molecular weight is 391 g/mol. The van der Waals surface area contributed by atoms with Crippen molar-refractivity contribution in [3.05, 3.63) is 69.8 Å². The maximum Gasteiger partial charge on any atom is 0.289 e. The van der Waals surface area contributed by atoms with Crippen LogP contribution in [0.15, 0.2) is 53.4 Å². The maximum absolute atomic E-state index is 12.5. The lowest BCUT2D eigenvalue weighted by Gasteiger charge is -2.17. The molecule has 2 rings (SSSR count). The van der Waals surface area contributed by atoms with E-state index in [0.717, 1.165) is 11.6 Å². The third-order valence-corrected chi connectivity index (χ3v) is 5.63. The third kappa shape index (κ3) is 5.35. The second-order valence-corrected chi connectivity index (χ2v) is 7.77. The van der Waals surface area contributed by atoms with Crippen LogP contribution in [0.3, 0.4) is 0 Å². The van der Waals surface area contributed by atoms with Crippen molar-refractivity contribution >= 4 is 21.6 Å². The number of aryl methyl sites for hydroxylation is 1. The first-order valence-corrected chi connectivity index (χ1v) is 9.72. The molecule has 0 radical (unpaired) electrons. The lowest BCUT2D eigenvalue weighted by atomic mass is 10.2. The zero-order valence-electron chi connectivity index (χ0n) is 15.1. The van der Waals surface area contributed by atoms with Gasteiger partial charge in [-0.1, -0.05) is 42.5 Å². The minimum atomic E-state index is -4.11. The van der Waals surface area contributed by atoms with Crippen molar-refractivity contribution in [1.82, 2.24) is 9.62 Å². The number of benzene rings is 2. The normalized spacial score (nSPS) is 11.2. The molecule has 1 N–H and O–H groups in total. The third-order valence-electron chi connectivity index (χ3n) is 3.98. The van der Waals surface area contributed by atoms with Gasteiger partial charge in [-0.05, 0) is 18.1 Å². The summed E-state index contributed by atoms with van der Waals surface area (Å²) in [6.45, 7) is 1.75. The predicted octanol–water partition coefficient (Wildman–Crippen LogP) is 2.23. The minimum Gasteiger partial charge on any atom is -0.341 e. The Morgan fingerprint density at radius 3 is 2.44 bits per heavy atom. The first-order valence-electron chi connectivity index (χ1n) is 8.24. The van der Waals surface area contributed by atoms with Crippen LogP contribution in [0, 0.1) is 17.0 Å². The molecule has 0 bridgehead atoms. The lowest BCUT2D eigenvalue weighted by molar-refractivity contribution is -0.387. The Labute approximate surface area is 158 Å². The van der Waals surface area contributed by atoms with Gasteiger partial charge in [0.05, 0.1) is 4.92 Å². The van der Waals surface area contributed by atoms with E-state index in [1.165, 1.54) is 24.0 Å². The molecule has 9 heteroatoms. The second-order valence-electron chi connectivity index (χ2n) is 6.06. The highest BCUT2D eigenvalue weighted by Crippen LogP contribution is 2.26. The lowest BCUT2D eigenvalue weighted by Crippen LogP contribution is -2.32. The highest BCUT2D eigenvalue weighted by atomic mass is 32.2. The van der Waals surface area contributed by atoms with E-state index in [0.29, 0.717) is 6.54 Å². The molecule has 0 aliphatic rings. The molecular weight excluding hydrogens is 370 g/mol. The highest BCUT2D eigenvalue weighted by molar-refractivity contribution is 7.89. The van der Waals surface area contributed by atoms with Crippen LogP contribution in [-0.4, -0.2) is 37.7 Å². The van der Waals surface area contributed by atoms with Crippen LogP contribution in [0.4, 0.5) is 5.69 Å². The maximum atomic E-state index is 12.5. The number of rotatable bonds is 8. The van der Waals surface area contributed by atoms with Crippen molar-refractivity contribution < 1.29 is 18.1 Å². The first-order chi connectivity index (χ1) is 12.7. The molecular formula is C18H21N3O5S. The number of nitrogens with zero attached hydrogens (tertiary/aromatic N) is 2. The number of nitrogens with one attached hydrogen (secondary N) is 1. The van der Waals surface area contributed by atoms with E-state index in [1.807, 2.05) is 30.3 Å². The molecule has 0 saturated heterocycles. The summed E-state index contributed by atoms with van der Waals surface area (Å²) in [7, 11) is -2.47. The zero-order chi connectivity index (χ0) is 20.0. The van der Waals surface area contributed by atoms with Gasteiger partial charge in [0.15, 0.2) is 4.90 Å². The van der Waals surface area contributed by atoms with E-state index in [2.05, 4.69) is 4.72 Å². The summed E-state index contributed by atoms with van der Waals surface area (Å²) in [5.41, 5.74) is 0.740. The first kappa shape index (κ1) is 20.5. The topological polar surface area (TPSA) is 110 Å². The van der Waals surface area contributed by atoms with Gasteiger partial charge < -0.3 is 4.90 Å². The Hall–Kier alpha value is -2.78. The van der Waals surface area contributed by atoms with Crippen molar-refractivity contribution in [3.63, 3.8) is 0 Å². The number of hydrogen-bond acceptors (Lipinski definition) is 5. The Morgan fingerprint density at radius 1 is 1.15 bits per heavy atom. The van der Waals surface area contributed by atoms with E-state index >= 15 is 0 Å². The summed E-state index contributed by atoms with van der Waals surface area (Å²) in [4.78, 5) is 23.7. The second kappa shape index (κ2) is 8.74. The molecule has 0 fully saturated rings. The van der Waals surface area contributed by atoms with Crippen molar-refractivity contribution in [2.75, 3.05) is 13.6 Å². The van der Waals surface area contributed by atoms with Crippen LogP contribution < -0.4 is 4.72 Å². The van der Waals surface area contributed by atoms with Crippen LogP contribution >= 0.6 is 0 Å². The molecule has 1 amide bonds. The molecule has 0 aliphatic carbocycles. The van der Waals surface area contributed by atoms with Gasteiger partial charge in [0.2, 0.25) is 15.9 Å². The van der Waals surface area contributed by atoms with Crippen molar-refractivity contribution in [2.45, 2.75) is 24.8 Å². The van der Waals surface area contributed by atoms with Gasteiger partial charge in [0.25, 0.3) is 5.69 Å². The monoisotopic (exact) mass is 391 g/mol. The van der Waals surface area contributed by atoms with Crippen LogP contribution in [0.2, 0.25) is 0 Å². The fourth-order valence-corrected chi connectivity index (χ4v) is 4.06. The molecule has 2 aromatic carbocycles. The fourth-order valence-electron chi connectivity index (χ4n) is 2.63. The Bertz CT molecular complexity index is 929. The summed E-state index contributed by atoms with van der Waals surface area (Å²) in [5.74, 6) is -0.235. The molecule has 27 heavy (non-hydrogen) atoms. The van der Waals surface area contributed by atoms with Crippen LogP contribution in [0.25, 0.3) is 0 Å². The quantitative estimate of drug-likeness (QED) is 0.548. The van der Waals surface area contributed by atoms with E-state index in [9.17, 15) is 23.3 Å². The molecule has 8 nitrogen and oxygen atoms in total. The van der Waals surface area contributed by atoms with E-state index in [4.69, 9.17) is 0 Å². The standard InChI is InChI=1S/C18H21N3O5S/c1-14-7-6-10-16(21(23)24)18(14)27(25,26)19-12-11-17(22)20(2)13-15-8-4-3-5-9-15/h3-10,19H,11-13H2,1-2H3. The number of carbonyl (C=O) groups excluding carboxylic acids is 1. The van der Waals surface area contributed by atoms with Gasteiger partial charge in [-0.3, -0.25) is 14.9 Å². The number of hydrogen-bond donors (Lipinski definition) is 1. The van der Waals surface area contributed by atoms with Crippen LogP contribution in [0.1, 0.15) is 17.5 Å². The summed E-state index contributed by atoms with van der Waals surface area (Å²) < 4.78 is 27.2. The molecule has 0 atom stereocenters. The predicted molar refractivity (Wildman–Crippen MR) is 101 cm³/mol. The van der Waals surface area contributed by atoms with Gasteiger partial charge in [-0.25, -0.2) is 13.1 Å². The van der Waals surface area contributed by atoms with Gasteiger partial charge in [-0.15, -0.1) is 0 Å². The number of nitro groups is 1. The molecule has 0 aromatic heterocycles. The smallest absolute Gasteiger partial charge is 0.289 e. The zero-order valence-corrected chi connectivity index (χ0v) is 15.9. The van der Waals surface area contributed by atoms with Crippen LogP contribution in [-0.2, 0) is 21.4 Å². The number of carbonyl (C=O) groups is 1. The SMILES string of the molecule is Cc1cccc([N+](=O)[O-])c1S(=O)(=O)NCCC(=O)N(C)Cc1ccccc1. The van der Waals surface area contributed by atoms with Crippen LogP contribution in [0.5, 0.6) is 0 Å². The fraction of sp³-hybridized carbons (Fsp3) is 0.278. The molecule has 0 aliphatic heterocycles. The summed E-state index contributed by atoms with van der Waals surface area (Å²) in [6, 6.07) is 13.5. The molecule has 0 spiro atoms. The van der Waals surface area contributed by atoms with E-state index < -0.39 is 20.6 Å². The van der Waals surface area contributed by atoms with Gasteiger partial charge >= 0.3 is 0 Å². The van der Waals surface area contributed by atoms with Crippen molar-refractivity contribution in [1.29, 1.82) is 0 Å². The van der Waals surface area contributed by atoms with Gasteiger partial charge in [0.1, 0.15) is 0 Å². The minimum absolute atomic E-state index is 0.0533. The summed E-state index contributed by atoms with van der Waals surface area (Å²) in [5, 5.41) is 11.1. The Kier molecular flexibility index (Phi) is 6.65. The van der Waals surface area contributed by atoms with Gasteiger partial charge in [-0.2, -0.15) is 0 Å².